The summed E-state index contributed by atoms with van der Waals surface area (Å²) in [5, 5.41) is 5.62. The molecule has 2 aromatic rings. The molecule has 1 aromatic carbocycles. The van der Waals surface area contributed by atoms with Gasteiger partial charge >= 0.3 is 0 Å². The molecule has 1 aromatic heterocycles. The largest absolute Gasteiger partial charge is 0.352 e. The summed E-state index contributed by atoms with van der Waals surface area (Å²) in [7, 11) is 1.94. The van der Waals surface area contributed by atoms with Crippen LogP contribution in [0.2, 0.25) is 5.02 Å². The zero-order valence-electron chi connectivity index (χ0n) is 19.3. The fourth-order valence-electron chi connectivity index (χ4n) is 3.92. The highest BCUT2D eigenvalue weighted by Crippen LogP contribution is 2.30. The number of hydrogen-bond donors (Lipinski definition) is 2. The third kappa shape index (κ3) is 5.70. The number of hydrogen-bond acceptors (Lipinski definition) is 4. The quantitative estimate of drug-likeness (QED) is 0.662. The second-order valence-corrected chi connectivity index (χ2v) is 9.79. The van der Waals surface area contributed by atoms with Crippen LogP contribution in [0.3, 0.4) is 0 Å². The Bertz CT molecular complexity index is 1030. The van der Waals surface area contributed by atoms with E-state index < -0.39 is 35.8 Å². The van der Waals surface area contributed by atoms with Gasteiger partial charge in [0.15, 0.2) is 5.69 Å². The number of halogens is 3. The van der Waals surface area contributed by atoms with Crippen molar-refractivity contribution in [3.05, 3.63) is 40.4 Å². The van der Waals surface area contributed by atoms with Crippen LogP contribution in [-0.4, -0.2) is 59.1 Å². The van der Waals surface area contributed by atoms with E-state index in [4.69, 9.17) is 11.6 Å². The molecule has 0 fully saturated rings. The number of carbonyl (C=O) groups excluding carboxylic acids is 2. The summed E-state index contributed by atoms with van der Waals surface area (Å²) >= 11 is 6.11. The molecular weight excluding hydrogens is 452 g/mol. The van der Waals surface area contributed by atoms with E-state index in [0.717, 1.165) is 13.0 Å². The smallest absolute Gasteiger partial charge is 0.272 e. The fourth-order valence-corrected chi connectivity index (χ4v) is 4.10. The highest BCUT2D eigenvalue weighted by atomic mass is 35.5. The van der Waals surface area contributed by atoms with E-state index in [1.807, 2.05) is 11.6 Å². The van der Waals surface area contributed by atoms with Crippen molar-refractivity contribution in [3.8, 4) is 11.4 Å². The van der Waals surface area contributed by atoms with Crippen LogP contribution in [0.15, 0.2) is 18.2 Å². The van der Waals surface area contributed by atoms with Crippen LogP contribution in [0.5, 0.6) is 0 Å². The van der Waals surface area contributed by atoms with Crippen LogP contribution in [0.25, 0.3) is 11.4 Å². The maximum Gasteiger partial charge on any atom is 0.272 e. The van der Waals surface area contributed by atoms with Gasteiger partial charge in [0, 0.05) is 24.7 Å². The molecule has 0 unspecified atom stereocenters. The van der Waals surface area contributed by atoms with Gasteiger partial charge in [-0.25, -0.2) is 13.8 Å². The van der Waals surface area contributed by atoms with E-state index in [0.29, 0.717) is 29.6 Å². The van der Waals surface area contributed by atoms with Crippen LogP contribution in [-0.2, 0) is 17.9 Å². The van der Waals surface area contributed by atoms with E-state index in [1.165, 1.54) is 18.2 Å². The summed E-state index contributed by atoms with van der Waals surface area (Å²) in [5.74, 6) is -1.19. The van der Waals surface area contributed by atoms with Crippen molar-refractivity contribution in [1.82, 2.24) is 25.1 Å². The lowest BCUT2D eigenvalue weighted by molar-refractivity contribution is -0.125. The van der Waals surface area contributed by atoms with E-state index >= 15 is 0 Å². The molecule has 2 N–H and O–H groups in total. The Kier molecular flexibility index (Phi) is 7.74. The summed E-state index contributed by atoms with van der Waals surface area (Å²) in [6.45, 7) is 6.38. The SMILES string of the molecule is CN1CCCn2c(-c3cc(Cl)ccc3F)nc(C(=O)N[C@H](C(=O)NCCF)C(C)(C)C)c2C1. The second kappa shape index (κ2) is 10.2. The molecule has 1 atom stereocenters. The second-order valence-electron chi connectivity index (χ2n) is 9.35. The molecule has 0 saturated carbocycles. The number of amides is 2. The number of aromatic nitrogens is 2. The number of alkyl halides is 1. The number of nitrogens with one attached hydrogen (secondary N) is 2. The Morgan fingerprint density at radius 1 is 1.27 bits per heavy atom. The van der Waals surface area contributed by atoms with Gasteiger partial charge < -0.3 is 20.1 Å². The van der Waals surface area contributed by atoms with Gasteiger partial charge in [-0.1, -0.05) is 32.4 Å². The zero-order valence-corrected chi connectivity index (χ0v) is 20.1. The maximum absolute atomic E-state index is 14.7. The Balaban J connectivity index is 2.04. The maximum atomic E-state index is 14.7. The third-order valence-corrected chi connectivity index (χ3v) is 5.83. The number of benzene rings is 1. The first-order valence-corrected chi connectivity index (χ1v) is 11.3. The highest BCUT2D eigenvalue weighted by molar-refractivity contribution is 6.30. The van der Waals surface area contributed by atoms with Crippen LogP contribution < -0.4 is 10.6 Å². The normalized spacial score (nSPS) is 15.5. The number of carbonyl (C=O) groups is 2. The molecule has 0 spiro atoms. The molecule has 2 heterocycles. The van der Waals surface area contributed by atoms with Gasteiger partial charge in [0.2, 0.25) is 5.91 Å². The van der Waals surface area contributed by atoms with Gasteiger partial charge in [0.05, 0.1) is 11.3 Å². The minimum atomic E-state index is -0.913. The Morgan fingerprint density at radius 2 is 2.00 bits per heavy atom. The van der Waals surface area contributed by atoms with Crippen molar-refractivity contribution in [2.45, 2.75) is 46.3 Å². The first kappa shape index (κ1) is 25.1. The van der Waals surface area contributed by atoms with Gasteiger partial charge in [0.1, 0.15) is 24.4 Å². The van der Waals surface area contributed by atoms with Crippen LogP contribution in [0, 0.1) is 11.2 Å². The molecule has 2 amide bonds. The molecule has 7 nitrogen and oxygen atoms in total. The fraction of sp³-hybridized carbons (Fsp3) is 0.522. The van der Waals surface area contributed by atoms with E-state index in [2.05, 4.69) is 20.5 Å². The molecule has 0 aliphatic carbocycles. The average Bonchev–Trinajstić information content (AvgIpc) is 2.97. The summed E-state index contributed by atoms with van der Waals surface area (Å²) in [5.41, 5.74) is 0.343. The lowest BCUT2D eigenvalue weighted by Crippen LogP contribution is -2.54. The molecule has 0 bridgehead atoms. The number of imidazole rings is 1. The average molecular weight is 482 g/mol. The number of nitrogens with zero attached hydrogens (tertiary/aromatic N) is 3. The first-order chi connectivity index (χ1) is 15.5. The van der Waals surface area contributed by atoms with Gasteiger partial charge in [-0.15, -0.1) is 0 Å². The van der Waals surface area contributed by atoms with Gasteiger partial charge in [-0.3, -0.25) is 9.59 Å². The molecule has 1 aliphatic rings. The molecule has 3 rings (SSSR count). The Labute approximate surface area is 197 Å². The molecule has 33 heavy (non-hydrogen) atoms. The van der Waals surface area contributed by atoms with Crippen molar-refractivity contribution in [3.63, 3.8) is 0 Å². The van der Waals surface area contributed by atoms with E-state index in [1.54, 1.807) is 20.8 Å². The molecule has 10 heteroatoms. The summed E-state index contributed by atoms with van der Waals surface area (Å²) in [6, 6.07) is 3.30. The molecule has 0 radical (unpaired) electrons. The minimum absolute atomic E-state index is 0.130. The van der Waals surface area contributed by atoms with Gasteiger partial charge in [-0.2, -0.15) is 0 Å². The molecule has 0 saturated heterocycles. The third-order valence-electron chi connectivity index (χ3n) is 5.60. The van der Waals surface area contributed by atoms with E-state index in [9.17, 15) is 18.4 Å². The highest BCUT2D eigenvalue weighted by Gasteiger charge is 2.35. The van der Waals surface area contributed by atoms with Crippen molar-refractivity contribution in [1.29, 1.82) is 0 Å². The first-order valence-electron chi connectivity index (χ1n) is 10.9. The zero-order chi connectivity index (χ0) is 24.3. The van der Waals surface area contributed by atoms with Gasteiger partial charge in [-0.05, 0) is 43.6 Å². The molecular formula is C23H30ClF2N5O2. The minimum Gasteiger partial charge on any atom is -0.352 e. The van der Waals surface area contributed by atoms with Crippen molar-refractivity contribution >= 4 is 23.4 Å². The summed E-state index contributed by atoms with van der Waals surface area (Å²) < 4.78 is 29.1. The number of fused-ring (bicyclic) bond motifs is 1. The predicted octanol–water partition coefficient (Wildman–Crippen LogP) is 3.41. The standard InChI is InChI=1S/C23H30ClF2N5O2/c1-23(2,3)19(22(33)27-9-8-25)29-21(32)18-17-13-30(4)10-5-11-31(17)20(28-18)15-12-14(24)6-7-16(15)26/h6-7,12,19H,5,8-11,13H2,1-4H3,(H,27,33)(H,29,32)/t19-/m1/s1. The van der Waals surface area contributed by atoms with Crippen LogP contribution >= 0.6 is 11.6 Å². The van der Waals surface area contributed by atoms with Crippen molar-refractivity contribution < 1.29 is 18.4 Å². The van der Waals surface area contributed by atoms with Crippen molar-refractivity contribution in [2.75, 3.05) is 26.8 Å². The Morgan fingerprint density at radius 3 is 2.67 bits per heavy atom. The monoisotopic (exact) mass is 481 g/mol. The summed E-state index contributed by atoms with van der Waals surface area (Å²) in [4.78, 5) is 32.6. The van der Waals surface area contributed by atoms with Crippen LogP contribution in [0.4, 0.5) is 8.78 Å². The predicted molar refractivity (Wildman–Crippen MR) is 123 cm³/mol. The van der Waals surface area contributed by atoms with Crippen molar-refractivity contribution in [2.24, 2.45) is 5.41 Å². The summed E-state index contributed by atoms with van der Waals surface area (Å²) in [6.07, 6.45) is 0.798. The lowest BCUT2D eigenvalue weighted by Gasteiger charge is -2.30. The Hall–Kier alpha value is -2.52. The van der Waals surface area contributed by atoms with Gasteiger partial charge in [0.25, 0.3) is 5.91 Å². The lowest BCUT2D eigenvalue weighted by atomic mass is 9.86. The van der Waals surface area contributed by atoms with Crippen LogP contribution in [0.1, 0.15) is 43.4 Å². The number of rotatable bonds is 6. The molecule has 1 aliphatic heterocycles. The molecule has 180 valence electrons. The topological polar surface area (TPSA) is 79.3 Å². The van der Waals surface area contributed by atoms with E-state index in [-0.39, 0.29) is 17.8 Å².